The minimum absolute atomic E-state index is 0.299. The highest BCUT2D eigenvalue weighted by Gasteiger charge is 2.21. The number of carbonyl (C=O) groups excluding carboxylic acids is 1. The highest BCUT2D eigenvalue weighted by Crippen LogP contribution is 2.25. The summed E-state index contributed by atoms with van der Waals surface area (Å²) in [5.74, 6) is 0.524. The first-order valence-electron chi connectivity index (χ1n) is 8.80. The molecule has 134 valence electrons. The Bertz CT molecular complexity index is 976. The first-order chi connectivity index (χ1) is 13.3. The van der Waals surface area contributed by atoms with Crippen molar-refractivity contribution >= 4 is 28.9 Å². The van der Waals surface area contributed by atoms with Gasteiger partial charge in [0.05, 0.1) is 17.6 Å². The Morgan fingerprint density at radius 2 is 1.96 bits per heavy atom. The largest absolute Gasteiger partial charge is 0.332 e. The van der Waals surface area contributed by atoms with Gasteiger partial charge in [0.15, 0.2) is 5.82 Å². The fourth-order valence-electron chi connectivity index (χ4n) is 2.89. The molecule has 6 heteroatoms. The van der Waals surface area contributed by atoms with E-state index in [-0.39, 0.29) is 6.03 Å². The lowest BCUT2D eigenvalue weighted by Gasteiger charge is -2.20. The van der Waals surface area contributed by atoms with Gasteiger partial charge in [0.25, 0.3) is 0 Å². The highest BCUT2D eigenvalue weighted by molar-refractivity contribution is 6.06. The van der Waals surface area contributed by atoms with Crippen LogP contribution in [-0.4, -0.2) is 20.8 Å². The molecular weight excluding hydrogens is 338 g/mol. The van der Waals surface area contributed by atoms with Crippen molar-refractivity contribution in [3.63, 3.8) is 0 Å². The average Bonchev–Trinajstić information content (AvgIpc) is 3.20. The minimum Gasteiger partial charge on any atom is -0.307 e. The summed E-state index contributed by atoms with van der Waals surface area (Å²) in [5, 5.41) is 7.52. The SMILES string of the molecule is O=C(Nc1ccccc1)N(c1cccnc1)c1ccn(C2=CCCC=C2)n1. The molecule has 0 atom stereocenters. The summed E-state index contributed by atoms with van der Waals surface area (Å²) in [6.45, 7) is 0. The number of urea groups is 1. The molecule has 1 aliphatic rings. The summed E-state index contributed by atoms with van der Waals surface area (Å²) in [6.07, 6.45) is 13.5. The number of nitrogens with one attached hydrogen (secondary N) is 1. The lowest BCUT2D eigenvalue weighted by molar-refractivity contribution is 0.259. The maximum Gasteiger partial charge on any atom is 0.332 e. The predicted octanol–water partition coefficient (Wildman–Crippen LogP) is 4.84. The molecule has 0 aliphatic heterocycles. The van der Waals surface area contributed by atoms with Crippen molar-refractivity contribution in [1.29, 1.82) is 0 Å². The first kappa shape index (κ1) is 16.8. The maximum atomic E-state index is 13.0. The maximum absolute atomic E-state index is 13.0. The topological polar surface area (TPSA) is 63.1 Å². The van der Waals surface area contributed by atoms with Gasteiger partial charge in [-0.05, 0) is 43.2 Å². The van der Waals surface area contributed by atoms with E-state index in [4.69, 9.17) is 0 Å². The fraction of sp³-hybridized carbons (Fsp3) is 0.0952. The number of benzene rings is 1. The van der Waals surface area contributed by atoms with Crippen molar-refractivity contribution < 1.29 is 4.79 Å². The van der Waals surface area contributed by atoms with E-state index in [1.54, 1.807) is 23.1 Å². The molecule has 6 nitrogen and oxygen atoms in total. The van der Waals surface area contributed by atoms with Crippen molar-refractivity contribution in [2.24, 2.45) is 0 Å². The smallest absolute Gasteiger partial charge is 0.307 e. The normalized spacial score (nSPS) is 13.1. The Morgan fingerprint density at radius 1 is 1.07 bits per heavy atom. The number of hydrogen-bond donors (Lipinski definition) is 1. The zero-order valence-corrected chi connectivity index (χ0v) is 14.7. The van der Waals surface area contributed by atoms with Crippen LogP contribution in [0.15, 0.2) is 85.3 Å². The van der Waals surface area contributed by atoms with Crippen LogP contribution in [0.3, 0.4) is 0 Å². The Hall–Kier alpha value is -3.67. The minimum atomic E-state index is -0.299. The molecule has 0 spiro atoms. The van der Waals surface area contributed by atoms with E-state index in [1.165, 1.54) is 4.90 Å². The third-order valence-corrected chi connectivity index (χ3v) is 4.18. The number of pyridine rings is 1. The van der Waals surface area contributed by atoms with Crippen LogP contribution in [0.4, 0.5) is 22.0 Å². The number of amides is 2. The molecule has 0 fully saturated rings. The second kappa shape index (κ2) is 7.70. The summed E-state index contributed by atoms with van der Waals surface area (Å²) in [6, 6.07) is 14.5. The lowest BCUT2D eigenvalue weighted by atomic mass is 10.1. The molecule has 0 saturated heterocycles. The monoisotopic (exact) mass is 357 g/mol. The van der Waals surface area contributed by atoms with Crippen molar-refractivity contribution in [3.8, 4) is 0 Å². The Morgan fingerprint density at radius 3 is 2.70 bits per heavy atom. The predicted molar refractivity (Wildman–Crippen MR) is 107 cm³/mol. The van der Waals surface area contributed by atoms with E-state index < -0.39 is 0 Å². The number of anilines is 3. The van der Waals surface area contributed by atoms with Crippen molar-refractivity contribution in [2.75, 3.05) is 10.2 Å². The molecule has 0 saturated carbocycles. The molecule has 0 unspecified atom stereocenters. The van der Waals surface area contributed by atoms with E-state index in [9.17, 15) is 4.79 Å². The van der Waals surface area contributed by atoms with Crippen LogP contribution in [0, 0.1) is 0 Å². The Balaban J connectivity index is 1.66. The average molecular weight is 357 g/mol. The summed E-state index contributed by atoms with van der Waals surface area (Å²) in [4.78, 5) is 18.7. The van der Waals surface area contributed by atoms with Crippen molar-refractivity contribution in [2.45, 2.75) is 12.8 Å². The second-order valence-corrected chi connectivity index (χ2v) is 6.07. The van der Waals surface area contributed by atoms with Gasteiger partial charge in [0, 0.05) is 24.1 Å². The zero-order valence-electron chi connectivity index (χ0n) is 14.7. The number of nitrogens with zero attached hydrogens (tertiary/aromatic N) is 4. The van der Waals surface area contributed by atoms with Gasteiger partial charge < -0.3 is 5.32 Å². The van der Waals surface area contributed by atoms with Crippen LogP contribution < -0.4 is 10.2 Å². The molecule has 4 rings (SSSR count). The third-order valence-electron chi connectivity index (χ3n) is 4.18. The summed E-state index contributed by atoms with van der Waals surface area (Å²) in [5.41, 5.74) is 2.36. The second-order valence-electron chi connectivity index (χ2n) is 6.07. The number of carbonyl (C=O) groups is 1. The van der Waals surface area contributed by atoms with E-state index in [0.29, 0.717) is 17.2 Å². The van der Waals surface area contributed by atoms with Gasteiger partial charge >= 0.3 is 6.03 Å². The number of aromatic nitrogens is 3. The van der Waals surface area contributed by atoms with Gasteiger partial charge in [-0.2, -0.15) is 0 Å². The molecule has 1 N–H and O–H groups in total. The van der Waals surface area contributed by atoms with Crippen LogP contribution in [-0.2, 0) is 0 Å². The molecule has 0 radical (unpaired) electrons. The van der Waals surface area contributed by atoms with E-state index in [0.717, 1.165) is 18.5 Å². The van der Waals surface area contributed by atoms with Gasteiger partial charge in [0.1, 0.15) is 0 Å². The van der Waals surface area contributed by atoms with Crippen LogP contribution in [0.2, 0.25) is 0 Å². The molecule has 2 amide bonds. The molecule has 2 heterocycles. The summed E-state index contributed by atoms with van der Waals surface area (Å²) in [7, 11) is 0. The molecule has 0 bridgehead atoms. The number of para-hydroxylation sites is 1. The highest BCUT2D eigenvalue weighted by atomic mass is 16.2. The molecular formula is C21H19N5O. The van der Waals surface area contributed by atoms with Gasteiger partial charge in [-0.25, -0.2) is 14.4 Å². The third kappa shape index (κ3) is 3.79. The number of allylic oxidation sites excluding steroid dienone is 4. The van der Waals surface area contributed by atoms with E-state index >= 15 is 0 Å². The van der Waals surface area contributed by atoms with Gasteiger partial charge in [-0.3, -0.25) is 4.98 Å². The molecule has 2 aromatic heterocycles. The standard InChI is InChI=1S/C21H19N5O/c27-21(23-17-8-3-1-4-9-17)26(19-12-7-14-22-16-19)20-13-15-25(24-20)18-10-5-2-6-11-18/h1,3-5,7-16H,2,6H2,(H,23,27). The van der Waals surface area contributed by atoms with Gasteiger partial charge in [-0.1, -0.05) is 30.4 Å². The number of hydrogen-bond acceptors (Lipinski definition) is 3. The first-order valence-corrected chi connectivity index (χ1v) is 8.80. The van der Waals surface area contributed by atoms with E-state index in [2.05, 4.69) is 27.6 Å². The number of rotatable bonds is 4. The summed E-state index contributed by atoms with van der Waals surface area (Å²) >= 11 is 0. The fourth-order valence-corrected chi connectivity index (χ4v) is 2.89. The van der Waals surface area contributed by atoms with Crippen molar-refractivity contribution in [3.05, 3.63) is 85.3 Å². The molecule has 3 aromatic rings. The van der Waals surface area contributed by atoms with Crippen LogP contribution in [0.25, 0.3) is 5.70 Å². The molecule has 1 aliphatic carbocycles. The Kier molecular flexibility index (Phi) is 4.78. The van der Waals surface area contributed by atoms with Gasteiger partial charge in [0.2, 0.25) is 0 Å². The molecule has 1 aromatic carbocycles. The van der Waals surface area contributed by atoms with Gasteiger partial charge in [-0.15, -0.1) is 5.10 Å². The van der Waals surface area contributed by atoms with Crippen molar-refractivity contribution in [1.82, 2.24) is 14.8 Å². The zero-order chi connectivity index (χ0) is 18.5. The quantitative estimate of drug-likeness (QED) is 0.727. The Labute approximate surface area is 157 Å². The molecule has 27 heavy (non-hydrogen) atoms. The van der Waals surface area contributed by atoms with Crippen LogP contribution in [0.5, 0.6) is 0 Å². The lowest BCUT2D eigenvalue weighted by Crippen LogP contribution is -2.31. The van der Waals surface area contributed by atoms with E-state index in [1.807, 2.05) is 54.7 Å². The van der Waals surface area contributed by atoms with Crippen LogP contribution in [0.1, 0.15) is 12.8 Å². The van der Waals surface area contributed by atoms with Crippen LogP contribution >= 0.6 is 0 Å². The summed E-state index contributed by atoms with van der Waals surface area (Å²) < 4.78 is 1.78.